The van der Waals surface area contributed by atoms with Crippen molar-refractivity contribution in [1.82, 2.24) is 9.80 Å². The van der Waals surface area contributed by atoms with E-state index in [0.717, 1.165) is 35.6 Å². The number of hydrogen-bond donors (Lipinski definition) is 0. The summed E-state index contributed by atoms with van der Waals surface area (Å²) in [6, 6.07) is 0.739. The van der Waals surface area contributed by atoms with E-state index in [0.29, 0.717) is 0 Å². The van der Waals surface area contributed by atoms with Gasteiger partial charge in [0.05, 0.1) is 0 Å². The number of rotatable bonds is 6. The Bertz CT molecular complexity index is 344. The molecule has 2 nitrogen and oxygen atoms in total. The molecule has 0 aromatic rings. The summed E-state index contributed by atoms with van der Waals surface area (Å²) in [6.07, 6.45) is 7.33. The summed E-state index contributed by atoms with van der Waals surface area (Å²) in [5.41, 5.74) is 0. The number of piperidine rings is 2. The van der Waals surface area contributed by atoms with Crippen LogP contribution in [0.15, 0.2) is 0 Å². The van der Waals surface area contributed by atoms with Gasteiger partial charge in [-0.15, -0.1) is 0 Å². The highest BCUT2D eigenvalue weighted by Gasteiger charge is 2.47. The minimum absolute atomic E-state index is 0.739. The molecule has 128 valence electrons. The third kappa shape index (κ3) is 4.26. The molecule has 3 aliphatic rings. The van der Waals surface area contributed by atoms with Gasteiger partial charge in [-0.3, -0.25) is 0 Å². The van der Waals surface area contributed by atoms with Crippen LogP contribution in [-0.4, -0.2) is 48.6 Å². The second-order valence-electron chi connectivity index (χ2n) is 9.18. The standard InChI is InChI=1S/C20H38N2/c1-15(2)5-6-18-13-21(14-19-11-20(18)19)12-17-7-9-22(10-8-17)16(3)4/h15-20H,5-14H2,1-4H3. The van der Waals surface area contributed by atoms with Crippen LogP contribution in [0.4, 0.5) is 0 Å². The van der Waals surface area contributed by atoms with E-state index in [-0.39, 0.29) is 0 Å². The average Bonchev–Trinajstić information content (AvgIpc) is 3.24. The molecule has 1 saturated carbocycles. The van der Waals surface area contributed by atoms with Crippen LogP contribution in [0.25, 0.3) is 0 Å². The van der Waals surface area contributed by atoms with E-state index >= 15 is 0 Å². The molecule has 2 heteroatoms. The number of fused-ring (bicyclic) bond motifs is 1. The zero-order valence-electron chi connectivity index (χ0n) is 15.4. The molecule has 3 atom stereocenters. The van der Waals surface area contributed by atoms with Gasteiger partial charge in [0, 0.05) is 25.7 Å². The van der Waals surface area contributed by atoms with Gasteiger partial charge < -0.3 is 9.80 Å². The van der Waals surface area contributed by atoms with E-state index in [2.05, 4.69) is 37.5 Å². The molecule has 0 amide bonds. The first-order chi connectivity index (χ1) is 10.5. The Labute approximate surface area is 138 Å². The van der Waals surface area contributed by atoms with E-state index < -0.39 is 0 Å². The van der Waals surface area contributed by atoms with Crippen LogP contribution in [0.1, 0.15) is 59.8 Å². The molecule has 2 saturated heterocycles. The van der Waals surface area contributed by atoms with Crippen LogP contribution in [-0.2, 0) is 0 Å². The van der Waals surface area contributed by atoms with Crippen molar-refractivity contribution in [2.45, 2.75) is 65.8 Å². The molecule has 0 N–H and O–H groups in total. The molecule has 0 radical (unpaired) electrons. The predicted molar refractivity (Wildman–Crippen MR) is 95.0 cm³/mol. The van der Waals surface area contributed by atoms with Gasteiger partial charge in [-0.25, -0.2) is 0 Å². The number of nitrogens with zero attached hydrogens (tertiary/aromatic N) is 2. The molecule has 22 heavy (non-hydrogen) atoms. The third-order valence-corrected chi connectivity index (χ3v) is 6.58. The first kappa shape index (κ1) is 16.8. The van der Waals surface area contributed by atoms with Gasteiger partial charge in [-0.2, -0.15) is 0 Å². The lowest BCUT2D eigenvalue weighted by Gasteiger charge is -2.39. The van der Waals surface area contributed by atoms with Crippen molar-refractivity contribution in [3.8, 4) is 0 Å². The second kappa shape index (κ2) is 7.21. The van der Waals surface area contributed by atoms with Crippen molar-refractivity contribution in [3.63, 3.8) is 0 Å². The Hall–Kier alpha value is -0.0800. The normalized spacial score (nSPS) is 34.4. The van der Waals surface area contributed by atoms with Crippen molar-refractivity contribution in [2.75, 3.05) is 32.7 Å². The Kier molecular flexibility index (Phi) is 5.50. The van der Waals surface area contributed by atoms with Gasteiger partial charge in [0.15, 0.2) is 0 Å². The van der Waals surface area contributed by atoms with Crippen LogP contribution < -0.4 is 0 Å². The van der Waals surface area contributed by atoms with Gasteiger partial charge in [0.25, 0.3) is 0 Å². The maximum Gasteiger partial charge on any atom is 0.00385 e. The number of hydrogen-bond acceptors (Lipinski definition) is 2. The maximum absolute atomic E-state index is 2.86. The maximum atomic E-state index is 2.86. The lowest BCUT2D eigenvalue weighted by molar-refractivity contribution is 0.0933. The van der Waals surface area contributed by atoms with Crippen LogP contribution in [0.2, 0.25) is 0 Å². The monoisotopic (exact) mass is 306 g/mol. The highest BCUT2D eigenvalue weighted by Crippen LogP contribution is 2.50. The molecule has 0 aromatic carbocycles. The van der Waals surface area contributed by atoms with Crippen LogP contribution in [0.3, 0.4) is 0 Å². The molecule has 3 rings (SSSR count). The molecule has 0 bridgehead atoms. The summed E-state index contributed by atoms with van der Waals surface area (Å²) in [6.45, 7) is 16.4. The highest BCUT2D eigenvalue weighted by molar-refractivity contribution is 4.98. The van der Waals surface area contributed by atoms with Crippen LogP contribution >= 0.6 is 0 Å². The third-order valence-electron chi connectivity index (χ3n) is 6.58. The smallest absolute Gasteiger partial charge is 0.00385 e. The minimum atomic E-state index is 0.739. The Morgan fingerprint density at radius 3 is 2.36 bits per heavy atom. The zero-order chi connectivity index (χ0) is 15.7. The van der Waals surface area contributed by atoms with Gasteiger partial charge in [0.1, 0.15) is 0 Å². The predicted octanol–water partition coefficient (Wildman–Crippen LogP) is 4.11. The van der Waals surface area contributed by atoms with Gasteiger partial charge in [-0.05, 0) is 82.2 Å². The quantitative estimate of drug-likeness (QED) is 0.728. The summed E-state index contributed by atoms with van der Waals surface area (Å²) < 4.78 is 0. The average molecular weight is 307 g/mol. The lowest BCUT2D eigenvalue weighted by atomic mass is 9.88. The molecule has 0 spiro atoms. The summed E-state index contributed by atoms with van der Waals surface area (Å²) in [4.78, 5) is 5.52. The molecular formula is C20H38N2. The number of likely N-dealkylation sites (tertiary alicyclic amines) is 2. The fraction of sp³-hybridized carbons (Fsp3) is 1.00. The molecule has 3 fully saturated rings. The Morgan fingerprint density at radius 1 is 1.00 bits per heavy atom. The van der Waals surface area contributed by atoms with Crippen molar-refractivity contribution in [3.05, 3.63) is 0 Å². The lowest BCUT2D eigenvalue weighted by Crippen LogP contribution is -2.44. The van der Waals surface area contributed by atoms with Crippen molar-refractivity contribution < 1.29 is 0 Å². The summed E-state index contributed by atoms with van der Waals surface area (Å²) in [5.74, 6) is 5.06. The van der Waals surface area contributed by atoms with Crippen molar-refractivity contribution in [1.29, 1.82) is 0 Å². The summed E-state index contributed by atoms with van der Waals surface area (Å²) in [5, 5.41) is 0. The van der Waals surface area contributed by atoms with Gasteiger partial charge in [0.2, 0.25) is 0 Å². The van der Waals surface area contributed by atoms with Crippen LogP contribution in [0.5, 0.6) is 0 Å². The molecule has 1 aliphatic carbocycles. The molecule has 0 aromatic heterocycles. The van der Waals surface area contributed by atoms with Crippen molar-refractivity contribution in [2.24, 2.45) is 29.6 Å². The SMILES string of the molecule is CC(C)CCC1CN(CC2CCN(C(C)C)CC2)CC2CC12. The molecule has 3 unspecified atom stereocenters. The fourth-order valence-electron chi connectivity index (χ4n) is 4.95. The first-order valence-corrected chi connectivity index (χ1v) is 9.99. The molecular weight excluding hydrogens is 268 g/mol. The Balaban J connectivity index is 1.43. The largest absolute Gasteiger partial charge is 0.302 e. The zero-order valence-corrected chi connectivity index (χ0v) is 15.4. The van der Waals surface area contributed by atoms with Gasteiger partial charge >= 0.3 is 0 Å². The van der Waals surface area contributed by atoms with E-state index in [9.17, 15) is 0 Å². The summed E-state index contributed by atoms with van der Waals surface area (Å²) >= 11 is 0. The summed E-state index contributed by atoms with van der Waals surface area (Å²) in [7, 11) is 0. The molecule has 2 aliphatic heterocycles. The minimum Gasteiger partial charge on any atom is -0.302 e. The molecule has 2 heterocycles. The highest BCUT2D eigenvalue weighted by atomic mass is 15.2. The van der Waals surface area contributed by atoms with E-state index in [1.54, 1.807) is 6.42 Å². The van der Waals surface area contributed by atoms with Crippen molar-refractivity contribution >= 4 is 0 Å². The first-order valence-electron chi connectivity index (χ1n) is 9.99. The Morgan fingerprint density at radius 2 is 1.73 bits per heavy atom. The fourth-order valence-corrected chi connectivity index (χ4v) is 4.95. The topological polar surface area (TPSA) is 6.48 Å². The second-order valence-corrected chi connectivity index (χ2v) is 9.18. The van der Waals surface area contributed by atoms with Gasteiger partial charge in [-0.1, -0.05) is 20.3 Å². The van der Waals surface area contributed by atoms with E-state index in [1.807, 2.05) is 0 Å². The van der Waals surface area contributed by atoms with E-state index in [4.69, 9.17) is 0 Å². The van der Waals surface area contributed by atoms with Crippen LogP contribution in [0, 0.1) is 29.6 Å². The van der Waals surface area contributed by atoms with E-state index in [1.165, 1.54) is 58.4 Å².